The lowest BCUT2D eigenvalue weighted by atomic mass is 9.61. The second kappa shape index (κ2) is 6.16. The van der Waals surface area contributed by atoms with Gasteiger partial charge in [-0.05, 0) is 55.5 Å². The highest BCUT2D eigenvalue weighted by Crippen LogP contribution is 2.57. The van der Waals surface area contributed by atoms with Gasteiger partial charge < -0.3 is 10.4 Å². The van der Waals surface area contributed by atoms with Gasteiger partial charge in [-0.25, -0.2) is 8.78 Å². The van der Waals surface area contributed by atoms with E-state index in [2.05, 4.69) is 5.32 Å². The smallest absolute Gasteiger partial charge is 0.313 e. The van der Waals surface area contributed by atoms with Crippen LogP contribution in [0.25, 0.3) is 0 Å². The van der Waals surface area contributed by atoms with Crippen LogP contribution in [0, 0.1) is 17.0 Å². The Hall–Kier alpha value is -2.69. The molecule has 0 radical (unpaired) electrons. The largest absolute Gasteiger partial charge is 0.481 e. The molecule has 2 aromatic rings. The lowest BCUT2D eigenvalue weighted by Crippen LogP contribution is -2.58. The molecule has 3 unspecified atom stereocenters. The summed E-state index contributed by atoms with van der Waals surface area (Å²) in [5, 5.41) is 13.9. The van der Waals surface area contributed by atoms with E-state index < -0.39 is 28.6 Å². The van der Waals surface area contributed by atoms with Gasteiger partial charge in [-0.1, -0.05) is 42.8 Å². The maximum atomic E-state index is 14.5. The predicted octanol–water partition coefficient (Wildman–Crippen LogP) is 5.07. The van der Waals surface area contributed by atoms with Crippen LogP contribution in [0.2, 0.25) is 0 Å². The standard InChI is InChI=1S/C23H23F2NO2/c1-13(2)10-23(14(3)16-6-4-5-7-19(16)26-23)22(21(27)28)11-15-8-9-18(24)20(25)17(15)12-22/h4-10,14,26H,11-12H2,1-3H3,(H,27,28). The number of rotatable bonds is 3. The molecule has 0 amide bonds. The van der Waals surface area contributed by atoms with Crippen LogP contribution in [0.5, 0.6) is 0 Å². The predicted molar refractivity (Wildman–Crippen MR) is 104 cm³/mol. The minimum Gasteiger partial charge on any atom is -0.481 e. The number of para-hydroxylation sites is 1. The van der Waals surface area contributed by atoms with Gasteiger partial charge in [0.25, 0.3) is 0 Å². The normalized spacial score (nSPS) is 27.7. The van der Waals surface area contributed by atoms with Crippen molar-refractivity contribution in [1.29, 1.82) is 0 Å². The first-order valence-corrected chi connectivity index (χ1v) is 9.44. The second-order valence-corrected chi connectivity index (χ2v) is 8.26. The van der Waals surface area contributed by atoms with E-state index in [-0.39, 0.29) is 24.3 Å². The Morgan fingerprint density at radius 3 is 2.54 bits per heavy atom. The van der Waals surface area contributed by atoms with E-state index in [1.807, 2.05) is 51.1 Å². The van der Waals surface area contributed by atoms with Crippen molar-refractivity contribution in [2.24, 2.45) is 5.41 Å². The summed E-state index contributed by atoms with van der Waals surface area (Å²) >= 11 is 0. The van der Waals surface area contributed by atoms with Gasteiger partial charge in [0.05, 0.1) is 5.54 Å². The maximum absolute atomic E-state index is 14.5. The fourth-order valence-electron chi connectivity index (χ4n) is 5.15. The molecule has 2 aromatic carbocycles. The summed E-state index contributed by atoms with van der Waals surface area (Å²) in [5.74, 6) is -3.03. The topological polar surface area (TPSA) is 49.3 Å². The molecule has 1 aliphatic heterocycles. The average Bonchev–Trinajstić information content (AvgIpc) is 3.17. The molecule has 0 bridgehead atoms. The molecule has 0 saturated carbocycles. The van der Waals surface area contributed by atoms with E-state index in [9.17, 15) is 18.7 Å². The summed E-state index contributed by atoms with van der Waals surface area (Å²) in [6.45, 7) is 5.86. The van der Waals surface area contributed by atoms with Crippen molar-refractivity contribution in [1.82, 2.24) is 0 Å². The summed E-state index contributed by atoms with van der Waals surface area (Å²) in [6.07, 6.45) is 2.05. The molecule has 0 aromatic heterocycles. The van der Waals surface area contributed by atoms with Gasteiger partial charge in [0.15, 0.2) is 11.6 Å². The molecule has 3 nitrogen and oxygen atoms in total. The Labute approximate surface area is 163 Å². The van der Waals surface area contributed by atoms with Crippen LogP contribution in [-0.2, 0) is 17.6 Å². The van der Waals surface area contributed by atoms with Crippen molar-refractivity contribution >= 4 is 11.7 Å². The number of hydrogen-bond donors (Lipinski definition) is 2. The number of benzene rings is 2. The first kappa shape index (κ1) is 18.7. The van der Waals surface area contributed by atoms with Crippen LogP contribution < -0.4 is 5.32 Å². The highest BCUT2D eigenvalue weighted by atomic mass is 19.2. The number of hydrogen-bond acceptors (Lipinski definition) is 2. The molecular weight excluding hydrogens is 360 g/mol. The molecule has 0 spiro atoms. The van der Waals surface area contributed by atoms with Crippen molar-refractivity contribution in [2.75, 3.05) is 5.32 Å². The third kappa shape index (κ3) is 2.35. The Morgan fingerprint density at radius 1 is 1.18 bits per heavy atom. The molecule has 3 atom stereocenters. The zero-order valence-corrected chi connectivity index (χ0v) is 16.1. The average molecular weight is 383 g/mol. The minimum atomic E-state index is -1.33. The van der Waals surface area contributed by atoms with Gasteiger partial charge in [0.1, 0.15) is 5.41 Å². The molecule has 1 heterocycles. The van der Waals surface area contributed by atoms with Crippen molar-refractivity contribution in [3.63, 3.8) is 0 Å². The fourth-order valence-corrected chi connectivity index (χ4v) is 5.15. The highest BCUT2D eigenvalue weighted by molar-refractivity contribution is 5.83. The van der Waals surface area contributed by atoms with Crippen LogP contribution in [-0.4, -0.2) is 16.6 Å². The summed E-state index contributed by atoms with van der Waals surface area (Å²) in [5.41, 5.74) is 1.33. The van der Waals surface area contributed by atoms with Crippen LogP contribution in [0.3, 0.4) is 0 Å². The van der Waals surface area contributed by atoms with Gasteiger partial charge in [0.2, 0.25) is 0 Å². The molecule has 146 valence electrons. The molecular formula is C23H23F2NO2. The number of carbonyl (C=O) groups is 1. The number of nitrogens with one attached hydrogen (secondary N) is 1. The van der Waals surface area contributed by atoms with E-state index in [0.717, 1.165) is 22.9 Å². The number of halogens is 2. The fraction of sp³-hybridized carbons (Fsp3) is 0.348. The van der Waals surface area contributed by atoms with Crippen molar-refractivity contribution in [3.05, 3.63) is 76.4 Å². The van der Waals surface area contributed by atoms with Gasteiger partial charge in [-0.2, -0.15) is 0 Å². The summed E-state index contributed by atoms with van der Waals surface area (Å²) in [4.78, 5) is 12.8. The van der Waals surface area contributed by atoms with E-state index in [0.29, 0.717) is 5.56 Å². The second-order valence-electron chi connectivity index (χ2n) is 8.26. The monoisotopic (exact) mass is 383 g/mol. The summed E-state index contributed by atoms with van der Waals surface area (Å²) in [7, 11) is 0. The molecule has 2 N–H and O–H groups in total. The maximum Gasteiger partial charge on any atom is 0.313 e. The highest BCUT2D eigenvalue weighted by Gasteiger charge is 2.63. The number of allylic oxidation sites excluding steroid dienone is 1. The molecule has 4 rings (SSSR count). The summed E-state index contributed by atoms with van der Waals surface area (Å²) in [6, 6.07) is 10.4. The number of carboxylic acids is 1. The Balaban J connectivity index is 1.95. The van der Waals surface area contributed by atoms with Crippen molar-refractivity contribution in [2.45, 2.75) is 45.1 Å². The first-order chi connectivity index (χ1) is 13.2. The quantitative estimate of drug-likeness (QED) is 0.728. The van der Waals surface area contributed by atoms with Crippen LogP contribution in [0.4, 0.5) is 14.5 Å². The van der Waals surface area contributed by atoms with Crippen LogP contribution in [0.15, 0.2) is 48.0 Å². The number of anilines is 1. The summed E-state index contributed by atoms with van der Waals surface area (Å²) < 4.78 is 28.4. The molecule has 28 heavy (non-hydrogen) atoms. The first-order valence-electron chi connectivity index (χ1n) is 9.44. The molecule has 0 saturated heterocycles. The van der Waals surface area contributed by atoms with Crippen molar-refractivity contribution in [3.8, 4) is 0 Å². The van der Waals surface area contributed by atoms with E-state index in [1.165, 1.54) is 6.07 Å². The van der Waals surface area contributed by atoms with Gasteiger partial charge in [-0.3, -0.25) is 4.79 Å². The third-order valence-corrected chi connectivity index (χ3v) is 6.43. The Kier molecular flexibility index (Phi) is 4.11. The third-order valence-electron chi connectivity index (χ3n) is 6.43. The molecule has 5 heteroatoms. The molecule has 1 aliphatic carbocycles. The number of fused-ring (bicyclic) bond motifs is 2. The SMILES string of the molecule is CC(C)=CC1(C2(C(=O)O)Cc3ccc(F)c(F)c3C2)Nc2ccccc2C1C. The van der Waals surface area contributed by atoms with Crippen LogP contribution >= 0.6 is 0 Å². The van der Waals surface area contributed by atoms with Gasteiger partial charge in [0, 0.05) is 11.6 Å². The molecule has 2 aliphatic rings. The Morgan fingerprint density at radius 2 is 1.89 bits per heavy atom. The number of carboxylic acid groups (broad SMARTS) is 1. The van der Waals surface area contributed by atoms with E-state index >= 15 is 0 Å². The zero-order chi connectivity index (χ0) is 20.3. The van der Waals surface area contributed by atoms with Gasteiger partial charge in [-0.15, -0.1) is 0 Å². The Bertz CT molecular complexity index is 1010. The van der Waals surface area contributed by atoms with E-state index in [4.69, 9.17) is 0 Å². The van der Waals surface area contributed by atoms with Crippen LogP contribution in [0.1, 0.15) is 43.4 Å². The zero-order valence-electron chi connectivity index (χ0n) is 16.1. The molecule has 0 fully saturated rings. The van der Waals surface area contributed by atoms with Gasteiger partial charge >= 0.3 is 5.97 Å². The number of aliphatic carboxylic acids is 1. The van der Waals surface area contributed by atoms with Crippen molar-refractivity contribution < 1.29 is 18.7 Å². The van der Waals surface area contributed by atoms with E-state index in [1.54, 1.807) is 0 Å². The lowest BCUT2D eigenvalue weighted by Gasteiger charge is -2.45. The lowest BCUT2D eigenvalue weighted by molar-refractivity contribution is -0.151. The minimum absolute atomic E-state index is 0.0592.